The molecule has 2 aromatic rings. The minimum atomic E-state index is -1.05. The molecule has 0 aromatic carbocycles. The summed E-state index contributed by atoms with van der Waals surface area (Å²) < 4.78 is 6.04. The monoisotopic (exact) mass is 401 g/mol. The van der Waals surface area contributed by atoms with E-state index < -0.39 is 24.2 Å². The van der Waals surface area contributed by atoms with Crippen molar-refractivity contribution < 1.29 is 19.7 Å². The van der Waals surface area contributed by atoms with Crippen LogP contribution in [0.15, 0.2) is 33.3 Å². The zero-order valence-electron chi connectivity index (χ0n) is 17.3. The van der Waals surface area contributed by atoms with Crippen LogP contribution in [-0.4, -0.2) is 51.0 Å². The van der Waals surface area contributed by atoms with Gasteiger partial charge in [0.05, 0.1) is 23.9 Å². The first-order valence-electron chi connectivity index (χ1n) is 10.3. The molecule has 7 nitrogen and oxygen atoms in total. The molecule has 1 fully saturated rings. The Morgan fingerprint density at radius 3 is 2.66 bits per heavy atom. The lowest BCUT2D eigenvalue weighted by molar-refractivity contribution is 0.00320. The number of hydrogen-bond donors (Lipinski definition) is 4. The molecule has 4 atom stereocenters. The number of nitrogens with two attached hydrogens (primary N) is 1. The van der Waals surface area contributed by atoms with Gasteiger partial charge in [0, 0.05) is 23.6 Å². The number of allylic oxidation sites excluding steroid dienone is 1. The van der Waals surface area contributed by atoms with Crippen molar-refractivity contribution in [3.63, 3.8) is 0 Å². The maximum absolute atomic E-state index is 10.3. The number of hydrogen-bond acceptors (Lipinski definition) is 6. The van der Waals surface area contributed by atoms with Crippen molar-refractivity contribution in [2.24, 2.45) is 16.6 Å². The van der Waals surface area contributed by atoms with E-state index in [4.69, 9.17) is 10.2 Å². The van der Waals surface area contributed by atoms with Crippen LogP contribution in [0.25, 0.3) is 16.5 Å². The van der Waals surface area contributed by atoms with Crippen molar-refractivity contribution in [1.29, 1.82) is 0 Å². The molecular formula is C22H31N3O4. The predicted octanol–water partition coefficient (Wildman–Crippen LogP) is 2.42. The Balaban J connectivity index is 2.01. The zero-order chi connectivity index (χ0) is 21.1. The van der Waals surface area contributed by atoms with Crippen LogP contribution in [0, 0.1) is 5.92 Å². The van der Waals surface area contributed by atoms with Crippen LogP contribution in [0.2, 0.25) is 0 Å². The Bertz CT molecular complexity index is 918. The number of nitrogens with zero attached hydrogens (tertiary/aromatic N) is 2. The lowest BCUT2D eigenvalue weighted by Gasteiger charge is -2.15. The van der Waals surface area contributed by atoms with E-state index in [1.54, 1.807) is 6.20 Å². The summed E-state index contributed by atoms with van der Waals surface area (Å²) in [6.07, 6.45) is 2.66. The maximum Gasteiger partial charge on any atom is 0.153 e. The largest absolute Gasteiger partial charge is 0.454 e. The summed E-state index contributed by atoms with van der Waals surface area (Å²) in [5, 5.41) is 30.7. The van der Waals surface area contributed by atoms with Gasteiger partial charge in [-0.25, -0.2) is 0 Å². The number of aliphatic imine (C=N–C) groups is 1. The first-order chi connectivity index (χ1) is 13.9. The Morgan fingerprint density at radius 2 is 2.03 bits per heavy atom. The number of furan rings is 1. The first kappa shape index (κ1) is 21.5. The van der Waals surface area contributed by atoms with Crippen molar-refractivity contribution in [3.05, 3.63) is 35.4 Å². The number of aromatic nitrogens is 1. The molecule has 2 heterocycles. The van der Waals surface area contributed by atoms with Gasteiger partial charge in [-0.15, -0.1) is 0 Å². The van der Waals surface area contributed by atoms with E-state index in [1.165, 1.54) is 0 Å². The van der Waals surface area contributed by atoms with Crippen LogP contribution >= 0.6 is 0 Å². The van der Waals surface area contributed by atoms with E-state index >= 15 is 0 Å². The van der Waals surface area contributed by atoms with Crippen LogP contribution < -0.4 is 5.73 Å². The molecule has 2 aromatic heterocycles. The molecule has 1 aliphatic carbocycles. The van der Waals surface area contributed by atoms with Gasteiger partial charge < -0.3 is 25.5 Å². The van der Waals surface area contributed by atoms with Crippen LogP contribution in [0.5, 0.6) is 0 Å². The second kappa shape index (κ2) is 9.07. The summed E-state index contributed by atoms with van der Waals surface area (Å²) in [5.41, 5.74) is 9.83. The van der Waals surface area contributed by atoms with Crippen LogP contribution in [0.4, 0.5) is 0 Å². The molecule has 0 saturated heterocycles. The fraction of sp³-hybridized carbons (Fsp3) is 0.545. The normalized spacial score (nSPS) is 26.2. The van der Waals surface area contributed by atoms with E-state index in [-0.39, 0.29) is 12.4 Å². The molecule has 0 spiro atoms. The lowest BCUT2D eigenvalue weighted by atomic mass is 10.0. The number of amidine groups is 1. The molecule has 29 heavy (non-hydrogen) atoms. The van der Waals surface area contributed by atoms with Gasteiger partial charge in [0.2, 0.25) is 0 Å². The molecule has 0 amide bonds. The Hall–Kier alpha value is -2.22. The Kier molecular flexibility index (Phi) is 6.72. The second-order valence-corrected chi connectivity index (χ2v) is 7.82. The minimum absolute atomic E-state index is 0.196. The molecule has 1 saturated carbocycles. The van der Waals surface area contributed by atoms with Crippen molar-refractivity contribution in [1.82, 2.24) is 4.98 Å². The van der Waals surface area contributed by atoms with Crippen LogP contribution in [0.3, 0.4) is 0 Å². The fourth-order valence-electron chi connectivity index (χ4n) is 4.01. The van der Waals surface area contributed by atoms with Gasteiger partial charge >= 0.3 is 0 Å². The van der Waals surface area contributed by atoms with Gasteiger partial charge in [-0.05, 0) is 38.3 Å². The summed E-state index contributed by atoms with van der Waals surface area (Å²) in [6, 6.07) is 3.39. The highest BCUT2D eigenvalue weighted by Gasteiger charge is 2.41. The third-order valence-electron chi connectivity index (χ3n) is 5.69. The summed E-state index contributed by atoms with van der Waals surface area (Å²) in [5.74, 6) is 0.489. The first-order valence-corrected chi connectivity index (χ1v) is 10.3. The van der Waals surface area contributed by atoms with E-state index in [2.05, 4.69) is 23.8 Å². The number of pyridine rings is 1. The van der Waals surface area contributed by atoms with Crippen LogP contribution in [-0.2, 0) is 6.42 Å². The van der Waals surface area contributed by atoms with Gasteiger partial charge in [0.1, 0.15) is 17.7 Å². The van der Waals surface area contributed by atoms with Crippen molar-refractivity contribution in [2.45, 2.75) is 64.7 Å². The molecule has 0 aliphatic heterocycles. The van der Waals surface area contributed by atoms with Crippen LogP contribution in [0.1, 0.15) is 51.5 Å². The Morgan fingerprint density at radius 1 is 1.28 bits per heavy atom. The molecule has 158 valence electrons. The van der Waals surface area contributed by atoms with Crippen molar-refractivity contribution >= 4 is 22.4 Å². The number of aliphatic hydroxyl groups excluding tert-OH is 3. The average molecular weight is 402 g/mol. The quantitative estimate of drug-likeness (QED) is 0.417. The highest BCUT2D eigenvalue weighted by molar-refractivity contribution is 6.22. The van der Waals surface area contributed by atoms with Crippen molar-refractivity contribution in [3.8, 4) is 0 Å². The standard InChI is InChI=1S/C22H31N3O4/c1-4-6-12(3)19(17-9-13-7-15(5-2)24-10-18(13)29-17)22(23)25-16-8-14(11-26)20(27)21(16)28/h7,9-10,14,16,20-21,26-28H,4-6,8,11H2,1-3H3,(H2,23,25)/b19-12-/t14-,16-,20-,21+/m1/s1. The summed E-state index contributed by atoms with van der Waals surface area (Å²) in [7, 11) is 0. The van der Waals surface area contributed by atoms with E-state index in [1.807, 2.05) is 19.1 Å². The zero-order valence-corrected chi connectivity index (χ0v) is 17.3. The fourth-order valence-corrected chi connectivity index (χ4v) is 4.01. The van der Waals surface area contributed by atoms with E-state index in [0.717, 1.165) is 41.5 Å². The molecule has 0 radical (unpaired) electrons. The average Bonchev–Trinajstić information content (AvgIpc) is 3.23. The molecule has 0 unspecified atom stereocenters. The number of fused-ring (bicyclic) bond motifs is 1. The summed E-state index contributed by atoms with van der Waals surface area (Å²) in [4.78, 5) is 8.92. The summed E-state index contributed by atoms with van der Waals surface area (Å²) >= 11 is 0. The maximum atomic E-state index is 10.3. The molecular weight excluding hydrogens is 370 g/mol. The smallest absolute Gasteiger partial charge is 0.153 e. The third kappa shape index (κ3) is 4.37. The lowest BCUT2D eigenvalue weighted by Crippen LogP contribution is -2.32. The Labute approximate surface area is 171 Å². The number of aryl methyl sites for hydroxylation is 1. The van der Waals surface area contributed by atoms with E-state index in [9.17, 15) is 15.3 Å². The number of aliphatic hydroxyl groups is 3. The topological polar surface area (TPSA) is 125 Å². The van der Waals surface area contributed by atoms with Gasteiger partial charge in [-0.2, -0.15) is 0 Å². The molecule has 5 N–H and O–H groups in total. The molecule has 3 rings (SSSR count). The minimum Gasteiger partial charge on any atom is -0.454 e. The second-order valence-electron chi connectivity index (χ2n) is 7.82. The molecule has 7 heteroatoms. The van der Waals surface area contributed by atoms with Gasteiger partial charge in [0.25, 0.3) is 0 Å². The third-order valence-corrected chi connectivity index (χ3v) is 5.69. The van der Waals surface area contributed by atoms with Gasteiger partial charge in [-0.3, -0.25) is 9.98 Å². The predicted molar refractivity (Wildman–Crippen MR) is 114 cm³/mol. The van der Waals surface area contributed by atoms with Crippen molar-refractivity contribution in [2.75, 3.05) is 6.61 Å². The van der Waals surface area contributed by atoms with Gasteiger partial charge in [0.15, 0.2) is 5.58 Å². The molecule has 0 bridgehead atoms. The SMILES string of the molecule is CCC/C(C)=C(\C(N)=N[C@@H]1C[C@H](CO)[C@@H](O)[C@H]1O)c1cc2cc(CC)ncc2o1. The highest BCUT2D eigenvalue weighted by atomic mass is 16.3. The molecule has 1 aliphatic rings. The summed E-state index contributed by atoms with van der Waals surface area (Å²) in [6.45, 7) is 5.95. The van der Waals surface area contributed by atoms with Gasteiger partial charge in [-0.1, -0.05) is 25.8 Å². The number of rotatable bonds is 7. The highest BCUT2D eigenvalue weighted by Crippen LogP contribution is 2.32. The van der Waals surface area contributed by atoms with E-state index in [0.29, 0.717) is 17.8 Å².